The molecule has 1 aliphatic carbocycles. The number of hydrogen-bond acceptors (Lipinski definition) is 1. The first kappa shape index (κ1) is 10.6. The summed E-state index contributed by atoms with van der Waals surface area (Å²) in [7, 11) is 0. The number of benzene rings is 1. The van der Waals surface area contributed by atoms with E-state index in [2.05, 4.69) is 15.9 Å². The van der Waals surface area contributed by atoms with Gasteiger partial charge in [-0.2, -0.15) is 0 Å². The number of carboxylic acids is 1. The topological polar surface area (TPSA) is 37.3 Å². The van der Waals surface area contributed by atoms with Crippen LogP contribution >= 0.6 is 15.9 Å². The lowest BCUT2D eigenvalue weighted by Gasteiger charge is -2.22. The second-order valence-electron chi connectivity index (χ2n) is 3.76. The zero-order valence-electron chi connectivity index (χ0n) is 7.96. The lowest BCUT2D eigenvalue weighted by Crippen LogP contribution is -2.23. The quantitative estimate of drug-likeness (QED) is 0.854. The molecule has 1 aromatic carbocycles. The van der Waals surface area contributed by atoms with Crippen LogP contribution in [0.15, 0.2) is 16.6 Å². The van der Waals surface area contributed by atoms with Gasteiger partial charge in [-0.15, -0.1) is 0 Å². The van der Waals surface area contributed by atoms with Gasteiger partial charge in [-0.3, -0.25) is 4.79 Å². The highest BCUT2D eigenvalue weighted by Gasteiger charge is 2.27. The number of aliphatic carboxylic acids is 1. The number of hydrogen-bond donors (Lipinski definition) is 1. The highest BCUT2D eigenvalue weighted by molar-refractivity contribution is 9.10. The Bertz CT molecular complexity index is 417. The average molecular weight is 273 g/mol. The average Bonchev–Trinajstić information content (AvgIpc) is 2.23. The van der Waals surface area contributed by atoms with Crippen molar-refractivity contribution in [3.05, 3.63) is 33.5 Å². The van der Waals surface area contributed by atoms with Crippen molar-refractivity contribution in [2.75, 3.05) is 0 Å². The van der Waals surface area contributed by atoms with Crippen molar-refractivity contribution in [2.24, 2.45) is 5.92 Å². The summed E-state index contributed by atoms with van der Waals surface area (Å²) in [4.78, 5) is 10.9. The Hall–Kier alpha value is -0.900. The van der Waals surface area contributed by atoms with E-state index in [0.29, 0.717) is 24.8 Å². The molecule has 2 rings (SSSR count). The molecular weight excluding hydrogens is 263 g/mol. The van der Waals surface area contributed by atoms with Gasteiger partial charge in [-0.25, -0.2) is 4.39 Å². The van der Waals surface area contributed by atoms with Gasteiger partial charge in [0, 0.05) is 4.47 Å². The van der Waals surface area contributed by atoms with E-state index in [4.69, 9.17) is 5.11 Å². The maximum absolute atomic E-state index is 13.4. The van der Waals surface area contributed by atoms with Crippen LogP contribution in [0.2, 0.25) is 0 Å². The molecule has 0 saturated carbocycles. The molecule has 0 amide bonds. The minimum Gasteiger partial charge on any atom is -0.481 e. The molecule has 0 aliphatic heterocycles. The Balaban J connectivity index is 2.41. The number of rotatable bonds is 1. The largest absolute Gasteiger partial charge is 0.481 e. The third-order valence-corrected chi connectivity index (χ3v) is 3.60. The third kappa shape index (κ3) is 1.91. The molecule has 0 aromatic heterocycles. The smallest absolute Gasteiger partial charge is 0.306 e. The van der Waals surface area contributed by atoms with Crippen molar-refractivity contribution in [1.82, 2.24) is 0 Å². The van der Waals surface area contributed by atoms with E-state index in [1.165, 1.54) is 6.07 Å². The number of carboxylic acid groups (broad SMARTS) is 1. The molecule has 1 atom stereocenters. The van der Waals surface area contributed by atoms with Crippen molar-refractivity contribution in [2.45, 2.75) is 19.3 Å². The Labute approximate surface area is 95.2 Å². The van der Waals surface area contributed by atoms with E-state index in [1.54, 1.807) is 6.07 Å². The molecular formula is C11H10BrFO2. The molecule has 1 N–H and O–H groups in total. The minimum atomic E-state index is -0.795. The van der Waals surface area contributed by atoms with Crippen molar-refractivity contribution >= 4 is 21.9 Å². The van der Waals surface area contributed by atoms with Crippen LogP contribution in [-0.4, -0.2) is 11.1 Å². The molecule has 0 spiro atoms. The lowest BCUT2D eigenvalue weighted by atomic mass is 9.84. The van der Waals surface area contributed by atoms with Gasteiger partial charge in [0.1, 0.15) is 5.82 Å². The van der Waals surface area contributed by atoms with E-state index < -0.39 is 5.97 Å². The molecule has 1 unspecified atom stereocenters. The summed E-state index contributed by atoms with van der Waals surface area (Å²) in [6.45, 7) is 0. The van der Waals surface area contributed by atoms with E-state index in [1.807, 2.05) is 0 Å². The monoisotopic (exact) mass is 272 g/mol. The molecule has 2 nitrogen and oxygen atoms in total. The summed E-state index contributed by atoms with van der Waals surface area (Å²) in [6.07, 6.45) is 1.45. The molecule has 0 saturated heterocycles. The fourth-order valence-electron chi connectivity index (χ4n) is 2.00. The van der Waals surface area contributed by atoms with Gasteiger partial charge in [0.2, 0.25) is 0 Å². The van der Waals surface area contributed by atoms with Crippen molar-refractivity contribution in [3.8, 4) is 0 Å². The summed E-state index contributed by atoms with van der Waals surface area (Å²) in [6, 6.07) is 3.06. The molecule has 1 aromatic rings. The molecule has 0 bridgehead atoms. The van der Waals surface area contributed by atoms with Crippen molar-refractivity contribution in [3.63, 3.8) is 0 Å². The third-order valence-electron chi connectivity index (χ3n) is 2.86. The molecule has 0 radical (unpaired) electrons. The molecule has 4 heteroatoms. The fraction of sp³-hybridized carbons (Fsp3) is 0.364. The summed E-state index contributed by atoms with van der Waals surface area (Å²) >= 11 is 3.33. The van der Waals surface area contributed by atoms with Crippen LogP contribution in [0, 0.1) is 11.7 Å². The SMILES string of the molecule is O=C(O)C1CCc2c(F)ccc(Br)c2C1. The molecule has 1 aliphatic rings. The van der Waals surface area contributed by atoms with Crippen LogP contribution in [0.3, 0.4) is 0 Å². The second kappa shape index (κ2) is 3.93. The zero-order chi connectivity index (χ0) is 11.0. The minimum absolute atomic E-state index is 0.225. The van der Waals surface area contributed by atoms with Gasteiger partial charge in [0.05, 0.1) is 5.92 Å². The van der Waals surface area contributed by atoms with E-state index >= 15 is 0 Å². The Morgan fingerprint density at radius 1 is 1.47 bits per heavy atom. The van der Waals surface area contributed by atoms with Crippen LogP contribution in [0.5, 0.6) is 0 Å². The molecule has 15 heavy (non-hydrogen) atoms. The van der Waals surface area contributed by atoms with Crippen LogP contribution in [0.1, 0.15) is 17.5 Å². The molecule has 80 valence electrons. The van der Waals surface area contributed by atoms with Crippen LogP contribution in [0.4, 0.5) is 4.39 Å². The van der Waals surface area contributed by atoms with Gasteiger partial charge < -0.3 is 5.11 Å². The normalized spacial score (nSPS) is 19.7. The summed E-state index contributed by atoms with van der Waals surface area (Å²) in [5.74, 6) is -1.40. The lowest BCUT2D eigenvalue weighted by molar-refractivity contribution is -0.142. The van der Waals surface area contributed by atoms with Gasteiger partial charge in [-0.05, 0) is 42.5 Å². The first-order valence-corrected chi connectivity index (χ1v) is 5.57. The van der Waals surface area contributed by atoms with Crippen molar-refractivity contribution in [1.29, 1.82) is 0 Å². The number of carbonyl (C=O) groups is 1. The maximum atomic E-state index is 13.4. The van der Waals surface area contributed by atoms with Crippen LogP contribution < -0.4 is 0 Å². The van der Waals surface area contributed by atoms with Crippen LogP contribution in [0.25, 0.3) is 0 Å². The predicted molar refractivity (Wildman–Crippen MR) is 57.3 cm³/mol. The maximum Gasteiger partial charge on any atom is 0.306 e. The van der Waals surface area contributed by atoms with Crippen LogP contribution in [-0.2, 0) is 17.6 Å². The van der Waals surface area contributed by atoms with Gasteiger partial charge >= 0.3 is 5.97 Å². The summed E-state index contributed by atoms with van der Waals surface area (Å²) < 4.78 is 14.2. The van der Waals surface area contributed by atoms with Crippen molar-refractivity contribution < 1.29 is 14.3 Å². The Morgan fingerprint density at radius 3 is 2.87 bits per heavy atom. The predicted octanol–water partition coefficient (Wildman–Crippen LogP) is 2.78. The first-order valence-electron chi connectivity index (χ1n) is 4.78. The standard InChI is InChI=1S/C11H10BrFO2/c12-9-3-4-10(13)7-2-1-6(11(14)15)5-8(7)9/h3-4,6H,1-2,5H2,(H,14,15). The second-order valence-corrected chi connectivity index (χ2v) is 4.62. The number of halogens is 2. The molecule has 0 heterocycles. The zero-order valence-corrected chi connectivity index (χ0v) is 9.55. The fourth-order valence-corrected chi connectivity index (χ4v) is 2.54. The molecule has 0 fully saturated rings. The van der Waals surface area contributed by atoms with E-state index in [0.717, 1.165) is 10.0 Å². The first-order chi connectivity index (χ1) is 7.09. The Kier molecular flexibility index (Phi) is 2.78. The highest BCUT2D eigenvalue weighted by atomic mass is 79.9. The van der Waals surface area contributed by atoms with E-state index in [9.17, 15) is 9.18 Å². The highest BCUT2D eigenvalue weighted by Crippen LogP contribution is 2.32. The van der Waals surface area contributed by atoms with Gasteiger partial charge in [-0.1, -0.05) is 15.9 Å². The van der Waals surface area contributed by atoms with E-state index in [-0.39, 0.29) is 11.7 Å². The van der Waals surface area contributed by atoms with Gasteiger partial charge in [0.25, 0.3) is 0 Å². The summed E-state index contributed by atoms with van der Waals surface area (Å²) in [5, 5.41) is 8.91. The summed E-state index contributed by atoms with van der Waals surface area (Å²) in [5.41, 5.74) is 1.48. The number of fused-ring (bicyclic) bond motifs is 1. The van der Waals surface area contributed by atoms with Gasteiger partial charge in [0.15, 0.2) is 0 Å². The Morgan fingerprint density at radius 2 is 2.20 bits per heavy atom.